The molecular formula is C23H22F3NO. The summed E-state index contributed by atoms with van der Waals surface area (Å²) in [6, 6.07) is 9.22. The molecule has 5 heteroatoms. The molecule has 28 heavy (non-hydrogen) atoms. The summed E-state index contributed by atoms with van der Waals surface area (Å²) in [5.74, 6) is -2.01. The Labute approximate surface area is 162 Å². The number of phenols is 1. The fraction of sp³-hybridized carbons (Fsp3) is 0.391. The van der Waals surface area contributed by atoms with E-state index in [0.717, 1.165) is 40.8 Å². The molecule has 1 saturated carbocycles. The number of fused-ring (bicyclic) bond motifs is 2. The Morgan fingerprint density at radius 1 is 1.14 bits per heavy atom. The Bertz CT molecular complexity index is 972. The van der Waals surface area contributed by atoms with Crippen molar-refractivity contribution in [1.82, 2.24) is 4.90 Å². The molecule has 3 aliphatic rings. The van der Waals surface area contributed by atoms with E-state index in [1.807, 2.05) is 30.0 Å². The fourth-order valence-corrected chi connectivity index (χ4v) is 4.86. The molecule has 1 heterocycles. The molecule has 2 aromatic carbocycles. The molecule has 5 rings (SSSR count). The second-order valence-electron chi connectivity index (χ2n) is 8.44. The summed E-state index contributed by atoms with van der Waals surface area (Å²) in [7, 11) is 0. The summed E-state index contributed by atoms with van der Waals surface area (Å²) < 4.78 is 44.5. The quantitative estimate of drug-likeness (QED) is 0.773. The number of rotatable bonds is 3. The first kappa shape index (κ1) is 17.8. The molecule has 2 nitrogen and oxygen atoms in total. The van der Waals surface area contributed by atoms with Gasteiger partial charge >= 0.3 is 0 Å². The highest BCUT2D eigenvalue weighted by Crippen LogP contribution is 2.52. The zero-order valence-electron chi connectivity index (χ0n) is 15.7. The van der Waals surface area contributed by atoms with Crippen LogP contribution in [0.25, 0.3) is 5.57 Å². The average molecular weight is 385 g/mol. The van der Waals surface area contributed by atoms with Crippen LogP contribution in [-0.2, 0) is 6.42 Å². The van der Waals surface area contributed by atoms with Crippen LogP contribution in [0.4, 0.5) is 13.2 Å². The van der Waals surface area contributed by atoms with Crippen LogP contribution in [0.2, 0.25) is 0 Å². The standard InChI is InChI=1S/C23H22F3NO/c1-13-8-17-16-5-3-2-4-14(16)9-18(17)22(27(13)12-23(26)6-7-23)21-19(24)10-15(28)11-20(21)25/h2-5,10-11,13,22,28H,6-9,12H2,1H3/t13-,22+/m1/s1. The molecule has 1 aliphatic heterocycles. The minimum atomic E-state index is -1.26. The predicted molar refractivity (Wildman–Crippen MR) is 102 cm³/mol. The molecule has 2 atom stereocenters. The molecule has 1 N–H and O–H groups in total. The third-order valence-corrected chi connectivity index (χ3v) is 6.43. The SMILES string of the molecule is C[C@@H]1CC2=C(Cc3ccccc32)[C@@H](c2c(F)cc(O)cc2F)N1CC1(F)CC1. The number of halogens is 3. The molecule has 2 aromatic rings. The molecule has 0 amide bonds. The van der Waals surface area contributed by atoms with E-state index in [4.69, 9.17) is 0 Å². The highest BCUT2D eigenvalue weighted by molar-refractivity contribution is 5.79. The van der Waals surface area contributed by atoms with Crippen LogP contribution in [0.1, 0.15) is 48.9 Å². The highest BCUT2D eigenvalue weighted by atomic mass is 19.1. The number of alkyl halides is 1. The fourth-order valence-electron chi connectivity index (χ4n) is 4.86. The molecule has 1 fully saturated rings. The monoisotopic (exact) mass is 385 g/mol. The number of phenolic OH excluding ortho intramolecular Hbond substituents is 1. The molecule has 146 valence electrons. The Kier molecular flexibility index (Phi) is 3.89. The van der Waals surface area contributed by atoms with Crippen molar-refractivity contribution in [2.24, 2.45) is 0 Å². The molecular weight excluding hydrogens is 363 g/mol. The van der Waals surface area contributed by atoms with Gasteiger partial charge in [0.2, 0.25) is 0 Å². The average Bonchev–Trinajstić information content (AvgIpc) is 3.25. The lowest BCUT2D eigenvalue weighted by atomic mass is 9.84. The van der Waals surface area contributed by atoms with E-state index in [0.29, 0.717) is 19.3 Å². The van der Waals surface area contributed by atoms with Gasteiger partial charge in [-0.05, 0) is 54.9 Å². The van der Waals surface area contributed by atoms with E-state index in [-0.39, 0.29) is 18.2 Å². The number of aromatic hydroxyl groups is 1. The first-order chi connectivity index (χ1) is 13.4. The van der Waals surface area contributed by atoms with E-state index in [2.05, 4.69) is 6.07 Å². The molecule has 2 aliphatic carbocycles. The molecule has 0 spiro atoms. The zero-order chi connectivity index (χ0) is 19.6. The van der Waals surface area contributed by atoms with E-state index in [1.165, 1.54) is 0 Å². The molecule has 0 unspecified atom stereocenters. The second-order valence-corrected chi connectivity index (χ2v) is 8.44. The van der Waals surface area contributed by atoms with Crippen LogP contribution in [0.15, 0.2) is 42.0 Å². The smallest absolute Gasteiger partial charge is 0.134 e. The van der Waals surface area contributed by atoms with Crippen LogP contribution < -0.4 is 0 Å². The van der Waals surface area contributed by atoms with Gasteiger partial charge in [0.05, 0.1) is 6.04 Å². The summed E-state index contributed by atoms with van der Waals surface area (Å²) in [4.78, 5) is 1.93. The van der Waals surface area contributed by atoms with Crippen molar-refractivity contribution in [1.29, 1.82) is 0 Å². The number of hydrogen-bond donors (Lipinski definition) is 1. The first-order valence-corrected chi connectivity index (χ1v) is 9.79. The number of nitrogens with zero attached hydrogens (tertiary/aromatic N) is 1. The first-order valence-electron chi connectivity index (χ1n) is 9.79. The van der Waals surface area contributed by atoms with Crippen LogP contribution >= 0.6 is 0 Å². The van der Waals surface area contributed by atoms with Crippen LogP contribution in [0, 0.1) is 11.6 Å². The largest absolute Gasteiger partial charge is 0.508 e. The lowest BCUT2D eigenvalue weighted by Crippen LogP contribution is -2.45. The van der Waals surface area contributed by atoms with Gasteiger partial charge in [-0.3, -0.25) is 4.90 Å². The van der Waals surface area contributed by atoms with Crippen molar-refractivity contribution in [3.63, 3.8) is 0 Å². The van der Waals surface area contributed by atoms with Gasteiger partial charge in [0.15, 0.2) is 0 Å². The Hall–Kier alpha value is -2.27. The summed E-state index contributed by atoms with van der Waals surface area (Å²) in [5.41, 5.74) is 3.00. The minimum absolute atomic E-state index is 0.0456. The van der Waals surface area contributed by atoms with Crippen LogP contribution in [-0.4, -0.2) is 28.3 Å². The Morgan fingerprint density at radius 2 is 1.82 bits per heavy atom. The van der Waals surface area contributed by atoms with Crippen molar-refractivity contribution in [2.45, 2.75) is 50.4 Å². The predicted octanol–water partition coefficient (Wildman–Crippen LogP) is 5.32. The summed E-state index contributed by atoms with van der Waals surface area (Å²) in [6.45, 7) is 2.17. The van der Waals surface area contributed by atoms with Gasteiger partial charge in [-0.15, -0.1) is 0 Å². The summed E-state index contributed by atoms with van der Waals surface area (Å²) >= 11 is 0. The maximum absolute atomic E-state index is 14.9. The van der Waals surface area contributed by atoms with Gasteiger partial charge in [-0.1, -0.05) is 24.3 Å². The van der Waals surface area contributed by atoms with Crippen molar-refractivity contribution < 1.29 is 18.3 Å². The van der Waals surface area contributed by atoms with Gasteiger partial charge in [0.25, 0.3) is 0 Å². The van der Waals surface area contributed by atoms with Gasteiger partial charge in [0.1, 0.15) is 23.1 Å². The van der Waals surface area contributed by atoms with Crippen molar-refractivity contribution >= 4 is 5.57 Å². The van der Waals surface area contributed by atoms with Crippen molar-refractivity contribution in [3.05, 3.63) is 70.3 Å². The summed E-state index contributed by atoms with van der Waals surface area (Å²) in [6.07, 6.45) is 2.34. The zero-order valence-corrected chi connectivity index (χ0v) is 15.7. The van der Waals surface area contributed by atoms with E-state index in [1.54, 1.807) is 0 Å². The maximum Gasteiger partial charge on any atom is 0.134 e. The van der Waals surface area contributed by atoms with Gasteiger partial charge in [-0.2, -0.15) is 0 Å². The lowest BCUT2D eigenvalue weighted by molar-refractivity contribution is 0.0979. The molecule has 0 saturated heterocycles. The van der Waals surface area contributed by atoms with Crippen LogP contribution in [0.3, 0.4) is 0 Å². The molecule has 0 bridgehead atoms. The minimum Gasteiger partial charge on any atom is -0.508 e. The van der Waals surface area contributed by atoms with Crippen LogP contribution in [0.5, 0.6) is 5.75 Å². The Morgan fingerprint density at radius 3 is 2.50 bits per heavy atom. The number of benzene rings is 2. The van der Waals surface area contributed by atoms with E-state index >= 15 is 0 Å². The van der Waals surface area contributed by atoms with Gasteiger partial charge in [0, 0.05) is 30.3 Å². The summed E-state index contributed by atoms with van der Waals surface area (Å²) in [5, 5.41) is 9.59. The van der Waals surface area contributed by atoms with E-state index in [9.17, 15) is 18.3 Å². The Balaban J connectivity index is 1.68. The highest BCUT2D eigenvalue weighted by Gasteiger charge is 2.49. The van der Waals surface area contributed by atoms with Crippen molar-refractivity contribution in [3.8, 4) is 5.75 Å². The normalized spacial score (nSPS) is 25.6. The third kappa shape index (κ3) is 2.75. The molecule has 0 radical (unpaired) electrons. The number of hydrogen-bond acceptors (Lipinski definition) is 2. The topological polar surface area (TPSA) is 23.5 Å². The third-order valence-electron chi connectivity index (χ3n) is 6.43. The lowest BCUT2D eigenvalue weighted by Gasteiger charge is -2.43. The molecule has 0 aromatic heterocycles. The second kappa shape index (κ2) is 6.11. The van der Waals surface area contributed by atoms with E-state index < -0.39 is 29.1 Å². The van der Waals surface area contributed by atoms with Gasteiger partial charge < -0.3 is 5.11 Å². The maximum atomic E-state index is 14.9. The van der Waals surface area contributed by atoms with Gasteiger partial charge in [-0.25, -0.2) is 13.2 Å². The van der Waals surface area contributed by atoms with Crippen molar-refractivity contribution in [2.75, 3.05) is 6.54 Å².